The first-order chi connectivity index (χ1) is 12.5. The third-order valence-corrected chi connectivity index (χ3v) is 4.80. The summed E-state index contributed by atoms with van der Waals surface area (Å²) in [5, 5.41) is 1.10. The standard InChI is InChI=1S/C24H22N2/c1-15-12-16(2)14-19(13-15)24-25-21-11-6-5-10-20(21)23(26-24)22-17(3)8-7-9-18(22)4/h5-14H,1-4H3. The second-order valence-corrected chi connectivity index (χ2v) is 7.06. The number of fused-ring (bicyclic) bond motifs is 1. The first kappa shape index (κ1) is 16.5. The minimum absolute atomic E-state index is 0.785. The minimum Gasteiger partial charge on any atom is -0.228 e. The van der Waals surface area contributed by atoms with Crippen LogP contribution in [0.5, 0.6) is 0 Å². The number of aromatic nitrogens is 2. The lowest BCUT2D eigenvalue weighted by Crippen LogP contribution is -1.98. The van der Waals surface area contributed by atoms with Gasteiger partial charge in [-0.3, -0.25) is 0 Å². The smallest absolute Gasteiger partial charge is 0.160 e. The maximum Gasteiger partial charge on any atom is 0.160 e. The molecule has 0 aliphatic rings. The molecule has 0 saturated carbocycles. The third kappa shape index (κ3) is 2.88. The van der Waals surface area contributed by atoms with Crippen LogP contribution < -0.4 is 0 Å². The lowest BCUT2D eigenvalue weighted by Gasteiger charge is -2.14. The van der Waals surface area contributed by atoms with Crippen LogP contribution in [0.2, 0.25) is 0 Å². The van der Waals surface area contributed by atoms with E-state index in [2.05, 4.69) is 82.3 Å². The third-order valence-electron chi connectivity index (χ3n) is 4.80. The fraction of sp³-hybridized carbons (Fsp3) is 0.167. The molecule has 0 amide bonds. The summed E-state index contributed by atoms with van der Waals surface area (Å²) in [7, 11) is 0. The van der Waals surface area contributed by atoms with Crippen LogP contribution in [0, 0.1) is 27.7 Å². The second kappa shape index (κ2) is 6.38. The van der Waals surface area contributed by atoms with Gasteiger partial charge in [-0.25, -0.2) is 9.97 Å². The van der Waals surface area contributed by atoms with E-state index in [0.717, 1.165) is 28.0 Å². The van der Waals surface area contributed by atoms with Crippen LogP contribution in [0.4, 0.5) is 0 Å². The van der Waals surface area contributed by atoms with Crippen molar-refractivity contribution in [1.29, 1.82) is 0 Å². The van der Waals surface area contributed by atoms with Crippen molar-refractivity contribution in [3.05, 3.63) is 82.9 Å². The first-order valence-electron chi connectivity index (χ1n) is 8.95. The molecule has 0 atom stereocenters. The lowest BCUT2D eigenvalue weighted by molar-refractivity contribution is 1.21. The Kier molecular flexibility index (Phi) is 4.04. The Morgan fingerprint density at radius 1 is 0.654 bits per heavy atom. The average molecular weight is 338 g/mol. The molecule has 0 saturated heterocycles. The van der Waals surface area contributed by atoms with E-state index >= 15 is 0 Å². The number of hydrogen-bond donors (Lipinski definition) is 0. The van der Waals surface area contributed by atoms with E-state index in [4.69, 9.17) is 9.97 Å². The van der Waals surface area contributed by atoms with Crippen molar-refractivity contribution >= 4 is 10.9 Å². The van der Waals surface area contributed by atoms with E-state index in [1.807, 2.05) is 6.07 Å². The number of benzene rings is 3. The van der Waals surface area contributed by atoms with Crippen molar-refractivity contribution in [1.82, 2.24) is 9.97 Å². The van der Waals surface area contributed by atoms with Gasteiger partial charge in [0.2, 0.25) is 0 Å². The Hall–Kier alpha value is -3.00. The van der Waals surface area contributed by atoms with Gasteiger partial charge >= 0.3 is 0 Å². The minimum atomic E-state index is 0.785. The van der Waals surface area contributed by atoms with Crippen LogP contribution in [-0.2, 0) is 0 Å². The summed E-state index contributed by atoms with van der Waals surface area (Å²) in [6, 6.07) is 21.2. The molecule has 2 nitrogen and oxygen atoms in total. The van der Waals surface area contributed by atoms with Gasteiger partial charge in [-0.05, 0) is 57.0 Å². The zero-order valence-corrected chi connectivity index (χ0v) is 15.7. The van der Waals surface area contributed by atoms with E-state index in [1.165, 1.54) is 27.8 Å². The van der Waals surface area contributed by atoms with Gasteiger partial charge in [-0.15, -0.1) is 0 Å². The van der Waals surface area contributed by atoms with Crippen LogP contribution in [0.25, 0.3) is 33.5 Å². The summed E-state index contributed by atoms with van der Waals surface area (Å²) in [5.41, 5.74) is 9.20. The summed E-state index contributed by atoms with van der Waals surface area (Å²) in [5.74, 6) is 0.785. The van der Waals surface area contributed by atoms with Gasteiger partial charge in [0, 0.05) is 16.5 Å². The van der Waals surface area contributed by atoms with Crippen molar-refractivity contribution in [2.75, 3.05) is 0 Å². The zero-order valence-electron chi connectivity index (χ0n) is 15.7. The predicted molar refractivity (Wildman–Crippen MR) is 109 cm³/mol. The summed E-state index contributed by atoms with van der Waals surface area (Å²) in [4.78, 5) is 9.90. The van der Waals surface area contributed by atoms with Crippen molar-refractivity contribution in [3.63, 3.8) is 0 Å². The molecule has 3 aromatic carbocycles. The number of para-hydroxylation sites is 1. The quantitative estimate of drug-likeness (QED) is 0.435. The van der Waals surface area contributed by atoms with Crippen LogP contribution in [0.3, 0.4) is 0 Å². The van der Waals surface area contributed by atoms with E-state index in [1.54, 1.807) is 0 Å². The number of aryl methyl sites for hydroxylation is 4. The molecule has 0 spiro atoms. The summed E-state index contributed by atoms with van der Waals surface area (Å²) in [6.45, 7) is 8.53. The fourth-order valence-corrected chi connectivity index (χ4v) is 3.69. The molecule has 128 valence electrons. The summed E-state index contributed by atoms with van der Waals surface area (Å²) < 4.78 is 0. The van der Waals surface area contributed by atoms with Gasteiger partial charge in [0.15, 0.2) is 5.82 Å². The van der Waals surface area contributed by atoms with Crippen molar-refractivity contribution < 1.29 is 0 Å². The molecule has 0 radical (unpaired) electrons. The number of nitrogens with zero attached hydrogens (tertiary/aromatic N) is 2. The molecule has 4 aromatic rings. The average Bonchev–Trinajstić information content (AvgIpc) is 2.60. The van der Waals surface area contributed by atoms with E-state index in [9.17, 15) is 0 Å². The molecule has 0 aliphatic carbocycles. The lowest BCUT2D eigenvalue weighted by atomic mass is 9.96. The molecule has 0 fully saturated rings. The number of rotatable bonds is 2. The van der Waals surface area contributed by atoms with Gasteiger partial charge in [0.1, 0.15) is 0 Å². The van der Waals surface area contributed by atoms with E-state index < -0.39 is 0 Å². The molecule has 0 bridgehead atoms. The Labute approximate surface area is 154 Å². The largest absolute Gasteiger partial charge is 0.228 e. The second-order valence-electron chi connectivity index (χ2n) is 7.06. The van der Waals surface area contributed by atoms with Crippen molar-refractivity contribution in [2.24, 2.45) is 0 Å². The molecule has 0 N–H and O–H groups in total. The van der Waals surface area contributed by atoms with Crippen LogP contribution >= 0.6 is 0 Å². The maximum absolute atomic E-state index is 5.03. The van der Waals surface area contributed by atoms with Gasteiger partial charge in [-0.2, -0.15) is 0 Å². The highest BCUT2D eigenvalue weighted by Gasteiger charge is 2.14. The maximum atomic E-state index is 5.03. The molecule has 1 aromatic heterocycles. The van der Waals surface area contributed by atoms with Gasteiger partial charge in [-0.1, -0.05) is 53.6 Å². The number of hydrogen-bond acceptors (Lipinski definition) is 2. The Bertz CT molecular complexity index is 1090. The normalized spacial score (nSPS) is 11.1. The topological polar surface area (TPSA) is 25.8 Å². The highest BCUT2D eigenvalue weighted by molar-refractivity contribution is 5.95. The van der Waals surface area contributed by atoms with Crippen molar-refractivity contribution in [2.45, 2.75) is 27.7 Å². The van der Waals surface area contributed by atoms with Crippen LogP contribution in [0.15, 0.2) is 60.7 Å². The van der Waals surface area contributed by atoms with Crippen molar-refractivity contribution in [3.8, 4) is 22.6 Å². The Morgan fingerprint density at radius 2 is 1.31 bits per heavy atom. The molecule has 4 rings (SSSR count). The molecule has 0 unspecified atom stereocenters. The van der Waals surface area contributed by atoms with Crippen LogP contribution in [-0.4, -0.2) is 9.97 Å². The summed E-state index contributed by atoms with van der Waals surface area (Å²) in [6.07, 6.45) is 0. The van der Waals surface area contributed by atoms with Gasteiger partial charge in [0.25, 0.3) is 0 Å². The zero-order chi connectivity index (χ0) is 18.3. The van der Waals surface area contributed by atoms with Gasteiger partial charge in [0.05, 0.1) is 11.2 Å². The summed E-state index contributed by atoms with van der Waals surface area (Å²) >= 11 is 0. The van der Waals surface area contributed by atoms with Crippen LogP contribution in [0.1, 0.15) is 22.3 Å². The van der Waals surface area contributed by atoms with E-state index in [0.29, 0.717) is 0 Å². The van der Waals surface area contributed by atoms with E-state index in [-0.39, 0.29) is 0 Å². The molecule has 1 heterocycles. The van der Waals surface area contributed by atoms with Gasteiger partial charge < -0.3 is 0 Å². The predicted octanol–water partition coefficient (Wildman–Crippen LogP) is 6.20. The molecule has 0 aliphatic heterocycles. The monoisotopic (exact) mass is 338 g/mol. The first-order valence-corrected chi connectivity index (χ1v) is 8.95. The Morgan fingerprint density at radius 3 is 2.00 bits per heavy atom. The molecule has 26 heavy (non-hydrogen) atoms. The molecule has 2 heteroatoms. The highest BCUT2D eigenvalue weighted by atomic mass is 14.9. The Balaban J connectivity index is 2.07. The fourth-order valence-electron chi connectivity index (χ4n) is 3.69. The molecular formula is C24H22N2. The SMILES string of the molecule is Cc1cc(C)cc(-c2nc(-c3c(C)cccc3C)c3ccccc3n2)c1. The molecular weight excluding hydrogens is 316 g/mol. The highest BCUT2D eigenvalue weighted by Crippen LogP contribution is 2.33.